The minimum absolute atomic E-state index is 0.00288. The Morgan fingerprint density at radius 3 is 2.86 bits per heavy atom. The molecule has 0 radical (unpaired) electrons. The van der Waals surface area contributed by atoms with Gasteiger partial charge in [0.05, 0.1) is 7.11 Å². The van der Waals surface area contributed by atoms with Gasteiger partial charge < -0.3 is 4.74 Å². The predicted molar refractivity (Wildman–Crippen MR) is 58.2 cm³/mol. The molecule has 0 unspecified atom stereocenters. The van der Waals surface area contributed by atoms with Crippen LogP contribution in [-0.2, 0) is 16.0 Å². The first-order valence-electron chi connectivity index (χ1n) is 3.96. The number of hydrogen-bond donors (Lipinski definition) is 1. The molecule has 0 amide bonds. The summed E-state index contributed by atoms with van der Waals surface area (Å²) in [4.78, 5) is 22.8. The molecular weight excluding hydrogens is 220 g/mol. The highest BCUT2D eigenvalue weighted by Gasteiger charge is 2.15. The number of rotatable bonds is 4. The Bertz CT molecular complexity index is 344. The Hall–Kier alpha value is -0.810. The molecule has 0 aromatic carbocycles. The second-order valence-corrected chi connectivity index (χ2v) is 3.87. The van der Waals surface area contributed by atoms with Gasteiger partial charge in [-0.25, -0.2) is 4.79 Å². The molecule has 5 heteroatoms. The monoisotopic (exact) mass is 230 g/mol. The summed E-state index contributed by atoms with van der Waals surface area (Å²) in [5.74, 6) is -0.199. The highest BCUT2D eigenvalue weighted by atomic mass is 32.1. The molecule has 0 spiro atoms. The molecule has 0 aliphatic rings. The van der Waals surface area contributed by atoms with Gasteiger partial charge in [-0.05, 0) is 17.0 Å². The van der Waals surface area contributed by atoms with Crippen LogP contribution in [0, 0.1) is 0 Å². The van der Waals surface area contributed by atoms with Crippen LogP contribution < -0.4 is 0 Å². The average molecular weight is 230 g/mol. The molecule has 1 rings (SSSR count). The quantitative estimate of drug-likeness (QED) is 0.631. The van der Waals surface area contributed by atoms with E-state index in [1.54, 1.807) is 11.4 Å². The number of hydrogen-bond acceptors (Lipinski definition) is 5. The SMILES string of the molecule is COC(=O)c1sccc1CC(=O)CS. The van der Waals surface area contributed by atoms with Gasteiger partial charge >= 0.3 is 5.97 Å². The first-order chi connectivity index (χ1) is 6.69. The maximum Gasteiger partial charge on any atom is 0.348 e. The van der Waals surface area contributed by atoms with Crippen LogP contribution in [0.15, 0.2) is 11.4 Å². The fraction of sp³-hybridized carbons (Fsp3) is 0.333. The minimum atomic E-state index is -0.387. The smallest absolute Gasteiger partial charge is 0.348 e. The van der Waals surface area contributed by atoms with Crippen LogP contribution in [0.25, 0.3) is 0 Å². The molecule has 0 N–H and O–H groups in total. The third kappa shape index (κ3) is 2.59. The van der Waals surface area contributed by atoms with E-state index < -0.39 is 0 Å². The number of esters is 1. The van der Waals surface area contributed by atoms with Crippen molar-refractivity contribution in [3.05, 3.63) is 21.9 Å². The third-order valence-electron chi connectivity index (χ3n) is 1.68. The van der Waals surface area contributed by atoms with Crippen molar-refractivity contribution in [2.75, 3.05) is 12.9 Å². The molecule has 0 aliphatic heterocycles. The molecular formula is C9H10O3S2. The molecule has 76 valence electrons. The molecule has 3 nitrogen and oxygen atoms in total. The molecule has 1 heterocycles. The molecule has 0 fully saturated rings. The van der Waals surface area contributed by atoms with Crippen molar-refractivity contribution in [3.63, 3.8) is 0 Å². The fourth-order valence-electron chi connectivity index (χ4n) is 1.02. The van der Waals surface area contributed by atoms with Crippen molar-refractivity contribution >= 4 is 35.7 Å². The summed E-state index contributed by atoms with van der Waals surface area (Å²) in [6.07, 6.45) is 0.247. The first kappa shape index (κ1) is 11.3. The number of thiol groups is 1. The summed E-state index contributed by atoms with van der Waals surface area (Å²) in [5.41, 5.74) is 0.723. The van der Waals surface area contributed by atoms with Crippen molar-refractivity contribution in [1.82, 2.24) is 0 Å². The van der Waals surface area contributed by atoms with E-state index in [1.807, 2.05) is 0 Å². The van der Waals surface area contributed by atoms with Crippen molar-refractivity contribution in [1.29, 1.82) is 0 Å². The van der Waals surface area contributed by atoms with E-state index in [0.717, 1.165) is 5.56 Å². The molecule has 1 aromatic rings. The summed E-state index contributed by atoms with van der Waals surface area (Å²) < 4.78 is 4.59. The zero-order valence-corrected chi connectivity index (χ0v) is 9.36. The number of carbonyl (C=O) groups excluding carboxylic acids is 2. The van der Waals surface area contributed by atoms with Crippen LogP contribution in [-0.4, -0.2) is 24.6 Å². The van der Waals surface area contributed by atoms with Crippen LogP contribution in [0.4, 0.5) is 0 Å². The minimum Gasteiger partial charge on any atom is -0.465 e. The Balaban J connectivity index is 2.82. The van der Waals surface area contributed by atoms with E-state index >= 15 is 0 Å². The third-order valence-corrected chi connectivity index (χ3v) is 2.97. The van der Waals surface area contributed by atoms with Gasteiger partial charge in [0.25, 0.3) is 0 Å². The predicted octanol–water partition coefficient (Wildman–Crippen LogP) is 1.58. The average Bonchev–Trinajstić information content (AvgIpc) is 2.64. The molecule has 0 saturated heterocycles. The molecule has 1 aromatic heterocycles. The maximum atomic E-state index is 11.2. The zero-order chi connectivity index (χ0) is 10.6. The fourth-order valence-corrected chi connectivity index (χ4v) is 1.97. The summed E-state index contributed by atoms with van der Waals surface area (Å²) in [5, 5.41) is 1.77. The lowest BCUT2D eigenvalue weighted by atomic mass is 10.1. The first-order valence-corrected chi connectivity index (χ1v) is 5.47. The number of ether oxygens (including phenoxy) is 1. The summed E-state index contributed by atoms with van der Waals surface area (Å²) in [6, 6.07) is 1.76. The lowest BCUT2D eigenvalue weighted by Crippen LogP contribution is -2.08. The van der Waals surface area contributed by atoms with E-state index in [1.165, 1.54) is 18.4 Å². The van der Waals surface area contributed by atoms with Crippen molar-refractivity contribution < 1.29 is 14.3 Å². The normalized spacial score (nSPS) is 9.86. The molecule has 0 aliphatic carbocycles. The van der Waals surface area contributed by atoms with Gasteiger partial charge in [0.15, 0.2) is 0 Å². The highest BCUT2D eigenvalue weighted by molar-refractivity contribution is 7.81. The molecule has 14 heavy (non-hydrogen) atoms. The summed E-state index contributed by atoms with van der Waals surface area (Å²) >= 11 is 5.16. The van der Waals surface area contributed by atoms with Crippen molar-refractivity contribution in [2.24, 2.45) is 0 Å². The number of ketones is 1. The second-order valence-electron chi connectivity index (χ2n) is 2.64. The Labute approximate surface area is 91.5 Å². The largest absolute Gasteiger partial charge is 0.465 e. The highest BCUT2D eigenvalue weighted by Crippen LogP contribution is 2.18. The van der Waals surface area contributed by atoms with Gasteiger partial charge in [0.1, 0.15) is 10.7 Å². The van der Waals surface area contributed by atoms with E-state index in [9.17, 15) is 9.59 Å². The molecule has 0 bridgehead atoms. The topological polar surface area (TPSA) is 43.4 Å². The summed E-state index contributed by atoms with van der Waals surface area (Å²) in [6.45, 7) is 0. The summed E-state index contributed by atoms with van der Waals surface area (Å²) in [7, 11) is 1.33. The number of thiophene rings is 1. The van der Waals surface area contributed by atoms with Gasteiger partial charge in [0.2, 0.25) is 0 Å². The number of methoxy groups -OCH3 is 1. The molecule has 0 saturated carbocycles. The lowest BCUT2D eigenvalue weighted by molar-refractivity contribution is -0.115. The Morgan fingerprint density at radius 1 is 1.57 bits per heavy atom. The molecule has 0 atom stereocenters. The van der Waals surface area contributed by atoms with E-state index in [0.29, 0.717) is 4.88 Å². The van der Waals surface area contributed by atoms with Gasteiger partial charge in [-0.2, -0.15) is 12.6 Å². The zero-order valence-electron chi connectivity index (χ0n) is 7.65. The van der Waals surface area contributed by atoms with Gasteiger partial charge in [0, 0.05) is 12.2 Å². The van der Waals surface area contributed by atoms with Crippen molar-refractivity contribution in [3.8, 4) is 0 Å². The van der Waals surface area contributed by atoms with E-state index in [4.69, 9.17) is 0 Å². The standard InChI is InChI=1S/C9H10O3S2/c1-12-9(11)8-6(2-3-14-8)4-7(10)5-13/h2-3,13H,4-5H2,1H3. The van der Waals surface area contributed by atoms with Crippen molar-refractivity contribution in [2.45, 2.75) is 6.42 Å². The van der Waals surface area contributed by atoms with E-state index in [2.05, 4.69) is 17.4 Å². The maximum absolute atomic E-state index is 11.2. The Kier molecular flexibility index (Phi) is 4.16. The van der Waals surface area contributed by atoms with Crippen LogP contribution >= 0.6 is 24.0 Å². The van der Waals surface area contributed by atoms with Crippen LogP contribution in [0.3, 0.4) is 0 Å². The number of Topliss-reactive ketones (excluding diaryl/α,β-unsaturated/α-hetero) is 1. The lowest BCUT2D eigenvalue weighted by Gasteiger charge is -1.99. The van der Waals surface area contributed by atoms with Crippen LogP contribution in [0.2, 0.25) is 0 Å². The van der Waals surface area contributed by atoms with E-state index in [-0.39, 0.29) is 23.9 Å². The van der Waals surface area contributed by atoms with Gasteiger partial charge in [-0.3, -0.25) is 4.79 Å². The number of carbonyl (C=O) groups is 2. The van der Waals surface area contributed by atoms with Gasteiger partial charge in [-0.1, -0.05) is 0 Å². The Morgan fingerprint density at radius 2 is 2.29 bits per heavy atom. The second kappa shape index (κ2) is 5.17. The van der Waals surface area contributed by atoms with Crippen LogP contribution in [0.1, 0.15) is 15.2 Å². The van der Waals surface area contributed by atoms with Gasteiger partial charge in [-0.15, -0.1) is 11.3 Å². The van der Waals surface area contributed by atoms with Crippen LogP contribution in [0.5, 0.6) is 0 Å².